The van der Waals surface area contributed by atoms with E-state index in [2.05, 4.69) is 0 Å². The Bertz CT molecular complexity index is 851. The third-order valence-electron chi connectivity index (χ3n) is 4.65. The quantitative estimate of drug-likeness (QED) is 0.852. The summed E-state index contributed by atoms with van der Waals surface area (Å²) in [4.78, 5) is 28.7. The molecule has 1 unspecified atom stereocenters. The standard InChI is InChI=1S/C20H20N2O4/c1-14-20(24)22(16-7-3-5-9-18(16)26-14)11-10-19(23)21-12-13-25-17-8-4-2-6-15(17)21/h2-9,14H,10-13H2,1H3. The van der Waals surface area contributed by atoms with Gasteiger partial charge in [-0.3, -0.25) is 9.59 Å². The number of rotatable bonds is 3. The van der Waals surface area contributed by atoms with Crippen molar-refractivity contribution in [1.29, 1.82) is 0 Å². The van der Waals surface area contributed by atoms with E-state index in [1.54, 1.807) is 16.7 Å². The molecule has 0 bridgehead atoms. The second kappa shape index (κ2) is 6.71. The van der Waals surface area contributed by atoms with Crippen LogP contribution in [0.5, 0.6) is 11.5 Å². The molecule has 0 aromatic heterocycles. The molecule has 134 valence electrons. The third-order valence-corrected chi connectivity index (χ3v) is 4.65. The van der Waals surface area contributed by atoms with Gasteiger partial charge >= 0.3 is 0 Å². The van der Waals surface area contributed by atoms with Crippen LogP contribution in [0.15, 0.2) is 48.5 Å². The molecular weight excluding hydrogens is 332 g/mol. The molecule has 0 N–H and O–H groups in total. The molecule has 26 heavy (non-hydrogen) atoms. The number of carbonyl (C=O) groups is 2. The van der Waals surface area contributed by atoms with Crippen molar-refractivity contribution in [1.82, 2.24) is 0 Å². The van der Waals surface area contributed by atoms with Gasteiger partial charge in [-0.05, 0) is 31.2 Å². The van der Waals surface area contributed by atoms with E-state index in [-0.39, 0.29) is 18.2 Å². The largest absolute Gasteiger partial charge is 0.490 e. The lowest BCUT2D eigenvalue weighted by molar-refractivity contribution is -0.125. The molecule has 1 atom stereocenters. The Morgan fingerprint density at radius 2 is 1.77 bits per heavy atom. The summed E-state index contributed by atoms with van der Waals surface area (Å²) in [6.07, 6.45) is -0.315. The fourth-order valence-corrected chi connectivity index (χ4v) is 3.36. The molecule has 2 heterocycles. The van der Waals surface area contributed by atoms with Gasteiger partial charge in [0.05, 0.1) is 17.9 Å². The Labute approximate surface area is 151 Å². The summed E-state index contributed by atoms with van der Waals surface area (Å²) < 4.78 is 11.2. The van der Waals surface area contributed by atoms with E-state index in [1.807, 2.05) is 48.5 Å². The number of amides is 2. The van der Waals surface area contributed by atoms with Crippen molar-refractivity contribution in [2.24, 2.45) is 0 Å². The zero-order valence-corrected chi connectivity index (χ0v) is 14.6. The topological polar surface area (TPSA) is 59.1 Å². The molecule has 0 saturated carbocycles. The van der Waals surface area contributed by atoms with Crippen molar-refractivity contribution >= 4 is 23.2 Å². The number of carbonyl (C=O) groups excluding carboxylic acids is 2. The summed E-state index contributed by atoms with van der Waals surface area (Å²) in [6.45, 7) is 3.03. The minimum Gasteiger partial charge on any atom is -0.490 e. The number of anilines is 2. The van der Waals surface area contributed by atoms with Gasteiger partial charge in [0.15, 0.2) is 6.10 Å². The Morgan fingerprint density at radius 1 is 1.08 bits per heavy atom. The lowest BCUT2D eigenvalue weighted by Gasteiger charge is -2.34. The van der Waals surface area contributed by atoms with Crippen LogP contribution in [0.3, 0.4) is 0 Å². The van der Waals surface area contributed by atoms with E-state index in [4.69, 9.17) is 9.47 Å². The van der Waals surface area contributed by atoms with Crippen LogP contribution in [0.4, 0.5) is 11.4 Å². The maximum Gasteiger partial charge on any atom is 0.267 e. The van der Waals surface area contributed by atoms with Crippen molar-refractivity contribution in [3.8, 4) is 11.5 Å². The molecule has 2 amide bonds. The average Bonchev–Trinajstić information content (AvgIpc) is 2.67. The molecule has 4 rings (SSSR count). The predicted molar refractivity (Wildman–Crippen MR) is 97.8 cm³/mol. The first-order valence-corrected chi connectivity index (χ1v) is 8.74. The molecule has 2 aliphatic heterocycles. The fourth-order valence-electron chi connectivity index (χ4n) is 3.36. The lowest BCUT2D eigenvalue weighted by Crippen LogP contribution is -2.46. The second-order valence-electron chi connectivity index (χ2n) is 6.33. The first-order valence-electron chi connectivity index (χ1n) is 8.74. The van der Waals surface area contributed by atoms with Crippen molar-refractivity contribution in [2.75, 3.05) is 29.5 Å². The molecule has 6 heteroatoms. The van der Waals surface area contributed by atoms with Gasteiger partial charge in [0.1, 0.15) is 18.1 Å². The number of ether oxygens (including phenoxy) is 2. The highest BCUT2D eigenvalue weighted by Gasteiger charge is 2.32. The van der Waals surface area contributed by atoms with Gasteiger partial charge in [-0.2, -0.15) is 0 Å². The molecule has 2 aromatic rings. The fraction of sp³-hybridized carbons (Fsp3) is 0.300. The third kappa shape index (κ3) is 2.87. The molecule has 0 aliphatic carbocycles. The number of fused-ring (bicyclic) bond motifs is 2. The van der Waals surface area contributed by atoms with Crippen LogP contribution in [0.2, 0.25) is 0 Å². The zero-order valence-electron chi connectivity index (χ0n) is 14.6. The van der Waals surface area contributed by atoms with Crippen LogP contribution in [0.25, 0.3) is 0 Å². The highest BCUT2D eigenvalue weighted by atomic mass is 16.5. The number of hydrogen-bond acceptors (Lipinski definition) is 4. The highest BCUT2D eigenvalue weighted by Crippen LogP contribution is 2.34. The maximum atomic E-state index is 12.8. The van der Waals surface area contributed by atoms with Crippen molar-refractivity contribution in [2.45, 2.75) is 19.4 Å². The normalized spacial score (nSPS) is 18.5. The number of para-hydroxylation sites is 4. The van der Waals surface area contributed by atoms with Gasteiger partial charge in [0, 0.05) is 13.0 Å². The minimum absolute atomic E-state index is 0.0230. The zero-order chi connectivity index (χ0) is 18.1. The Balaban J connectivity index is 1.51. The molecule has 0 spiro atoms. The Hall–Kier alpha value is -3.02. The van der Waals surface area contributed by atoms with Gasteiger partial charge < -0.3 is 19.3 Å². The SMILES string of the molecule is CC1Oc2ccccc2N(CCC(=O)N2CCOc3ccccc32)C1=O. The van der Waals surface area contributed by atoms with Gasteiger partial charge in [-0.15, -0.1) is 0 Å². The van der Waals surface area contributed by atoms with E-state index in [1.165, 1.54) is 0 Å². The van der Waals surface area contributed by atoms with Gasteiger partial charge in [0.2, 0.25) is 5.91 Å². The molecule has 0 saturated heterocycles. The van der Waals surface area contributed by atoms with Crippen LogP contribution in [0, 0.1) is 0 Å². The second-order valence-corrected chi connectivity index (χ2v) is 6.33. The highest BCUT2D eigenvalue weighted by molar-refractivity contribution is 6.01. The van der Waals surface area contributed by atoms with E-state index in [9.17, 15) is 9.59 Å². The van der Waals surface area contributed by atoms with Crippen molar-refractivity contribution in [3.05, 3.63) is 48.5 Å². The van der Waals surface area contributed by atoms with Crippen LogP contribution in [-0.2, 0) is 9.59 Å². The Morgan fingerprint density at radius 3 is 2.58 bits per heavy atom. The first kappa shape index (κ1) is 16.4. The van der Waals surface area contributed by atoms with Gasteiger partial charge in [-0.25, -0.2) is 0 Å². The molecule has 6 nitrogen and oxygen atoms in total. The number of nitrogens with zero attached hydrogens (tertiary/aromatic N) is 2. The molecular formula is C20H20N2O4. The van der Waals surface area contributed by atoms with Crippen LogP contribution in [-0.4, -0.2) is 37.6 Å². The molecule has 2 aromatic carbocycles. The summed E-state index contributed by atoms with van der Waals surface area (Å²) in [7, 11) is 0. The van der Waals surface area contributed by atoms with E-state index in [0.717, 1.165) is 5.69 Å². The summed E-state index contributed by atoms with van der Waals surface area (Å²) >= 11 is 0. The van der Waals surface area contributed by atoms with Crippen LogP contribution in [0.1, 0.15) is 13.3 Å². The summed E-state index contributed by atoms with van der Waals surface area (Å²) in [5, 5.41) is 0. The first-order chi connectivity index (χ1) is 12.6. The summed E-state index contributed by atoms with van der Waals surface area (Å²) in [5.41, 5.74) is 1.50. The minimum atomic E-state index is -0.552. The molecule has 2 aliphatic rings. The van der Waals surface area contributed by atoms with Crippen molar-refractivity contribution in [3.63, 3.8) is 0 Å². The molecule has 0 radical (unpaired) electrons. The smallest absolute Gasteiger partial charge is 0.267 e. The lowest BCUT2D eigenvalue weighted by atomic mass is 10.1. The maximum absolute atomic E-state index is 12.8. The van der Waals surface area contributed by atoms with E-state index >= 15 is 0 Å². The monoisotopic (exact) mass is 352 g/mol. The van der Waals surface area contributed by atoms with Gasteiger partial charge in [-0.1, -0.05) is 24.3 Å². The average molecular weight is 352 g/mol. The predicted octanol–water partition coefficient (Wildman–Crippen LogP) is 2.62. The summed E-state index contributed by atoms with van der Waals surface area (Å²) in [6, 6.07) is 14.9. The Kier molecular flexibility index (Phi) is 4.24. The van der Waals surface area contributed by atoms with Crippen LogP contribution >= 0.6 is 0 Å². The number of benzene rings is 2. The van der Waals surface area contributed by atoms with Crippen molar-refractivity contribution < 1.29 is 19.1 Å². The van der Waals surface area contributed by atoms with Crippen LogP contribution < -0.4 is 19.3 Å². The van der Waals surface area contributed by atoms with Gasteiger partial charge in [0.25, 0.3) is 5.91 Å². The van der Waals surface area contributed by atoms with E-state index < -0.39 is 6.10 Å². The molecule has 0 fully saturated rings. The summed E-state index contributed by atoms with van der Waals surface area (Å²) in [5.74, 6) is 1.24. The number of hydrogen-bond donors (Lipinski definition) is 0. The van der Waals surface area contributed by atoms with E-state index in [0.29, 0.717) is 36.9 Å².